The van der Waals surface area contributed by atoms with Crippen molar-refractivity contribution in [2.75, 3.05) is 5.73 Å². The number of hydrogen-bond donors (Lipinski definition) is 1. The van der Waals surface area contributed by atoms with Crippen LogP contribution in [0, 0.1) is 6.92 Å². The molecule has 1 aliphatic rings. The Morgan fingerprint density at radius 2 is 1.67 bits per heavy atom. The molecule has 0 bridgehead atoms. The van der Waals surface area contributed by atoms with E-state index in [0.29, 0.717) is 0 Å². The van der Waals surface area contributed by atoms with Crippen LogP contribution in [0.5, 0.6) is 0 Å². The van der Waals surface area contributed by atoms with Crippen LogP contribution in [0.25, 0.3) is 0 Å². The number of hydrogen-bond acceptors (Lipinski definition) is 3. The normalized spacial score (nSPS) is 15.3. The van der Waals surface area contributed by atoms with Crippen LogP contribution >= 0.6 is 0 Å². The minimum Gasteiger partial charge on any atom is -0.399 e. The number of ketones is 1. The molecule has 0 radical (unpaired) electrons. The first-order valence-electron chi connectivity index (χ1n) is 5.83. The van der Waals surface area contributed by atoms with Gasteiger partial charge in [0.05, 0.1) is 11.4 Å². The number of aryl methyl sites for hydroxylation is 1. The molecule has 1 aromatic carbocycles. The first-order valence-corrected chi connectivity index (χ1v) is 5.83. The van der Waals surface area contributed by atoms with E-state index in [1.165, 1.54) is 0 Å². The average molecular weight is 240 g/mol. The van der Waals surface area contributed by atoms with Gasteiger partial charge in [-0.25, -0.2) is 4.99 Å². The Morgan fingerprint density at radius 1 is 1.06 bits per heavy atom. The zero-order valence-electron chi connectivity index (χ0n) is 10.8. The lowest BCUT2D eigenvalue weighted by Crippen LogP contribution is -2.10. The average Bonchev–Trinajstić information content (AvgIpc) is 2.28. The Kier molecular flexibility index (Phi) is 3.15. The molecule has 0 fully saturated rings. The summed E-state index contributed by atoms with van der Waals surface area (Å²) < 4.78 is 0. The van der Waals surface area contributed by atoms with E-state index in [-0.39, 0.29) is 5.78 Å². The molecule has 0 saturated carbocycles. The summed E-state index contributed by atoms with van der Waals surface area (Å²) in [5.74, 6) is 0.0254. The van der Waals surface area contributed by atoms with Crippen molar-refractivity contribution in [3.05, 3.63) is 47.1 Å². The van der Waals surface area contributed by atoms with Gasteiger partial charge < -0.3 is 5.73 Å². The van der Waals surface area contributed by atoms with Crippen molar-refractivity contribution in [3.63, 3.8) is 0 Å². The topological polar surface area (TPSA) is 55.5 Å². The third kappa shape index (κ3) is 2.40. The predicted octanol–water partition coefficient (Wildman–Crippen LogP) is 3.13. The number of nitrogen functional groups attached to an aromatic ring is 1. The second kappa shape index (κ2) is 4.61. The van der Waals surface area contributed by atoms with Crippen LogP contribution in [0.1, 0.15) is 19.4 Å². The quantitative estimate of drug-likeness (QED) is 0.605. The SMILES string of the molecule is CC1=CC(=O)C=C(C)C1=Nc1ccc(N)c(C)c1. The van der Waals surface area contributed by atoms with Crippen molar-refractivity contribution in [3.8, 4) is 0 Å². The molecule has 0 saturated heterocycles. The van der Waals surface area contributed by atoms with Gasteiger partial charge in [-0.15, -0.1) is 0 Å². The van der Waals surface area contributed by atoms with E-state index in [4.69, 9.17) is 5.73 Å². The van der Waals surface area contributed by atoms with Crippen LogP contribution < -0.4 is 5.73 Å². The number of benzene rings is 1. The van der Waals surface area contributed by atoms with Gasteiger partial charge in [-0.05, 0) is 67.8 Å². The number of anilines is 1. The van der Waals surface area contributed by atoms with Crippen molar-refractivity contribution < 1.29 is 4.79 Å². The second-order valence-corrected chi connectivity index (χ2v) is 4.56. The highest BCUT2D eigenvalue weighted by atomic mass is 16.1. The fraction of sp³-hybridized carbons (Fsp3) is 0.200. The second-order valence-electron chi connectivity index (χ2n) is 4.56. The van der Waals surface area contributed by atoms with E-state index < -0.39 is 0 Å². The molecule has 3 heteroatoms. The third-order valence-corrected chi connectivity index (χ3v) is 2.96. The summed E-state index contributed by atoms with van der Waals surface area (Å²) in [5, 5.41) is 0. The Morgan fingerprint density at radius 3 is 2.22 bits per heavy atom. The molecule has 2 N–H and O–H groups in total. The maximum Gasteiger partial charge on any atom is 0.179 e. The van der Waals surface area contributed by atoms with E-state index in [1.807, 2.05) is 39.0 Å². The van der Waals surface area contributed by atoms with E-state index in [9.17, 15) is 4.79 Å². The molecule has 0 spiro atoms. The monoisotopic (exact) mass is 240 g/mol. The largest absolute Gasteiger partial charge is 0.399 e. The van der Waals surface area contributed by atoms with E-state index >= 15 is 0 Å². The lowest BCUT2D eigenvalue weighted by Gasteiger charge is -2.12. The van der Waals surface area contributed by atoms with Crippen LogP contribution in [0.4, 0.5) is 11.4 Å². The molecule has 0 aliphatic heterocycles. The molecular weight excluding hydrogens is 224 g/mol. The summed E-state index contributed by atoms with van der Waals surface area (Å²) in [4.78, 5) is 15.9. The molecule has 1 aliphatic carbocycles. The number of allylic oxidation sites excluding steroid dienone is 4. The Labute approximate surface area is 107 Å². The first-order chi connectivity index (χ1) is 8.47. The van der Waals surface area contributed by atoms with E-state index in [1.54, 1.807) is 12.2 Å². The molecule has 2 rings (SSSR count). The van der Waals surface area contributed by atoms with Gasteiger partial charge in [-0.2, -0.15) is 0 Å². The minimum absolute atomic E-state index is 0.0254. The lowest BCUT2D eigenvalue weighted by molar-refractivity contribution is -0.110. The zero-order chi connectivity index (χ0) is 13.3. The zero-order valence-corrected chi connectivity index (χ0v) is 10.8. The van der Waals surface area contributed by atoms with Gasteiger partial charge in [-0.1, -0.05) is 0 Å². The lowest BCUT2D eigenvalue weighted by atomic mass is 9.97. The predicted molar refractivity (Wildman–Crippen MR) is 75.2 cm³/mol. The van der Waals surface area contributed by atoms with Crippen molar-refractivity contribution in [1.82, 2.24) is 0 Å². The highest BCUT2D eigenvalue weighted by Crippen LogP contribution is 2.23. The molecule has 92 valence electrons. The Hall–Kier alpha value is -2.16. The van der Waals surface area contributed by atoms with Crippen LogP contribution in [0.2, 0.25) is 0 Å². The highest BCUT2D eigenvalue weighted by Gasteiger charge is 2.13. The van der Waals surface area contributed by atoms with Crippen molar-refractivity contribution in [1.29, 1.82) is 0 Å². The molecule has 3 nitrogen and oxygen atoms in total. The number of nitrogens with two attached hydrogens (primary N) is 1. The third-order valence-electron chi connectivity index (χ3n) is 2.96. The summed E-state index contributed by atoms with van der Waals surface area (Å²) >= 11 is 0. The maximum atomic E-state index is 11.4. The Balaban J connectivity index is 2.44. The van der Waals surface area contributed by atoms with Gasteiger partial charge in [0.15, 0.2) is 5.78 Å². The summed E-state index contributed by atoms with van der Waals surface area (Å²) in [5.41, 5.74) is 11.1. The van der Waals surface area contributed by atoms with Crippen LogP contribution in [-0.2, 0) is 4.79 Å². The van der Waals surface area contributed by atoms with Gasteiger partial charge in [-0.3, -0.25) is 4.79 Å². The van der Waals surface area contributed by atoms with Gasteiger partial charge in [0, 0.05) is 5.69 Å². The number of carbonyl (C=O) groups excluding carboxylic acids is 1. The van der Waals surface area contributed by atoms with Gasteiger partial charge in [0.1, 0.15) is 0 Å². The molecule has 18 heavy (non-hydrogen) atoms. The first kappa shape index (κ1) is 12.3. The number of aliphatic imine (C=N–C) groups is 1. The van der Waals surface area contributed by atoms with E-state index in [2.05, 4.69) is 4.99 Å². The fourth-order valence-electron chi connectivity index (χ4n) is 1.95. The van der Waals surface area contributed by atoms with Crippen molar-refractivity contribution in [2.45, 2.75) is 20.8 Å². The van der Waals surface area contributed by atoms with E-state index in [0.717, 1.165) is 33.8 Å². The number of carbonyl (C=O) groups is 1. The van der Waals surface area contributed by atoms with Crippen LogP contribution in [0.3, 0.4) is 0 Å². The molecule has 0 unspecified atom stereocenters. The van der Waals surface area contributed by atoms with Crippen molar-refractivity contribution in [2.24, 2.45) is 4.99 Å². The maximum absolute atomic E-state index is 11.4. The molecular formula is C15H16N2O. The molecule has 0 heterocycles. The summed E-state index contributed by atoms with van der Waals surface area (Å²) in [6, 6.07) is 5.67. The Bertz CT molecular complexity index is 583. The molecule has 1 aromatic rings. The minimum atomic E-state index is 0.0254. The highest BCUT2D eigenvalue weighted by molar-refractivity contribution is 6.22. The number of rotatable bonds is 1. The van der Waals surface area contributed by atoms with Crippen LogP contribution in [0.15, 0.2) is 46.5 Å². The van der Waals surface area contributed by atoms with Crippen molar-refractivity contribution >= 4 is 22.9 Å². The fourth-order valence-corrected chi connectivity index (χ4v) is 1.95. The summed E-state index contributed by atoms with van der Waals surface area (Å²) in [6.07, 6.45) is 3.21. The standard InChI is InChI=1S/C15H16N2O/c1-9-6-12(4-5-14(9)16)17-15-10(2)7-13(18)8-11(15)3/h4-8H,16H2,1-3H3. The van der Waals surface area contributed by atoms with Gasteiger partial charge >= 0.3 is 0 Å². The molecule has 0 aromatic heterocycles. The molecule has 0 amide bonds. The summed E-state index contributed by atoms with van der Waals surface area (Å²) in [6.45, 7) is 5.75. The summed E-state index contributed by atoms with van der Waals surface area (Å²) in [7, 11) is 0. The van der Waals surface area contributed by atoms with Gasteiger partial charge in [0.2, 0.25) is 0 Å². The number of nitrogens with zero attached hydrogens (tertiary/aromatic N) is 1. The smallest absolute Gasteiger partial charge is 0.179 e. The molecule has 0 atom stereocenters. The van der Waals surface area contributed by atoms with Crippen LogP contribution in [-0.4, -0.2) is 11.5 Å². The van der Waals surface area contributed by atoms with Gasteiger partial charge in [0.25, 0.3) is 0 Å².